The summed E-state index contributed by atoms with van der Waals surface area (Å²) in [6.45, 7) is 6.59. The van der Waals surface area contributed by atoms with Gasteiger partial charge in [-0.3, -0.25) is 4.79 Å². The maximum absolute atomic E-state index is 10.7. The molecule has 3 heteroatoms. The number of likely N-dealkylation sites (tertiary alicyclic amines) is 1. The largest absolute Gasteiger partial charge is 0.481 e. The SMILES string of the molecule is CCCC(C)N1CCCC(CC(=O)O)C1. The van der Waals surface area contributed by atoms with Gasteiger partial charge < -0.3 is 10.0 Å². The standard InChI is InChI=1S/C12H23NO2/c1-3-5-10(2)13-7-4-6-11(9-13)8-12(14)15/h10-11H,3-9H2,1-2H3,(H,14,15). The third-order valence-corrected chi connectivity index (χ3v) is 3.34. The highest BCUT2D eigenvalue weighted by molar-refractivity contribution is 5.67. The Morgan fingerprint density at radius 3 is 2.93 bits per heavy atom. The van der Waals surface area contributed by atoms with Gasteiger partial charge in [0.2, 0.25) is 0 Å². The quantitative estimate of drug-likeness (QED) is 0.762. The summed E-state index contributed by atoms with van der Waals surface area (Å²) in [5.74, 6) is -0.277. The van der Waals surface area contributed by atoms with Crippen molar-refractivity contribution < 1.29 is 9.90 Å². The van der Waals surface area contributed by atoms with Crippen molar-refractivity contribution >= 4 is 5.97 Å². The van der Waals surface area contributed by atoms with Crippen molar-refractivity contribution in [1.29, 1.82) is 0 Å². The Hall–Kier alpha value is -0.570. The monoisotopic (exact) mass is 213 g/mol. The van der Waals surface area contributed by atoms with Gasteiger partial charge in [0, 0.05) is 19.0 Å². The lowest BCUT2D eigenvalue weighted by molar-refractivity contribution is -0.138. The zero-order valence-electron chi connectivity index (χ0n) is 9.91. The van der Waals surface area contributed by atoms with E-state index in [-0.39, 0.29) is 0 Å². The highest BCUT2D eigenvalue weighted by atomic mass is 16.4. The van der Waals surface area contributed by atoms with E-state index in [1.165, 1.54) is 12.8 Å². The molecule has 0 aromatic carbocycles. The van der Waals surface area contributed by atoms with Crippen molar-refractivity contribution in [2.45, 2.75) is 52.0 Å². The molecule has 1 aliphatic rings. The van der Waals surface area contributed by atoms with E-state index in [9.17, 15) is 4.79 Å². The number of hydrogen-bond donors (Lipinski definition) is 1. The molecule has 0 aromatic heterocycles. The topological polar surface area (TPSA) is 40.5 Å². The molecule has 0 saturated carbocycles. The van der Waals surface area contributed by atoms with Crippen LogP contribution in [0.2, 0.25) is 0 Å². The number of hydrogen-bond acceptors (Lipinski definition) is 2. The summed E-state index contributed by atoms with van der Waals surface area (Å²) in [7, 11) is 0. The van der Waals surface area contributed by atoms with E-state index in [1.54, 1.807) is 0 Å². The van der Waals surface area contributed by atoms with Crippen LogP contribution in [0, 0.1) is 5.92 Å². The molecule has 1 saturated heterocycles. The molecule has 88 valence electrons. The molecule has 15 heavy (non-hydrogen) atoms. The number of rotatable bonds is 5. The van der Waals surface area contributed by atoms with Gasteiger partial charge in [0.05, 0.1) is 0 Å². The average molecular weight is 213 g/mol. The number of carboxylic acid groups (broad SMARTS) is 1. The van der Waals surface area contributed by atoms with Crippen LogP contribution >= 0.6 is 0 Å². The van der Waals surface area contributed by atoms with Crippen LogP contribution in [0.5, 0.6) is 0 Å². The van der Waals surface area contributed by atoms with Crippen LogP contribution in [0.4, 0.5) is 0 Å². The molecule has 2 unspecified atom stereocenters. The fourth-order valence-corrected chi connectivity index (χ4v) is 2.51. The van der Waals surface area contributed by atoms with Crippen LogP contribution in [0.15, 0.2) is 0 Å². The normalized spacial score (nSPS) is 25.1. The molecule has 1 rings (SSSR count). The van der Waals surface area contributed by atoms with E-state index >= 15 is 0 Å². The third-order valence-electron chi connectivity index (χ3n) is 3.34. The molecule has 0 bridgehead atoms. The fourth-order valence-electron chi connectivity index (χ4n) is 2.51. The zero-order chi connectivity index (χ0) is 11.3. The smallest absolute Gasteiger partial charge is 0.303 e. The first-order chi connectivity index (χ1) is 7.13. The fraction of sp³-hybridized carbons (Fsp3) is 0.917. The summed E-state index contributed by atoms with van der Waals surface area (Å²) < 4.78 is 0. The van der Waals surface area contributed by atoms with Crippen molar-refractivity contribution in [3.05, 3.63) is 0 Å². The van der Waals surface area contributed by atoms with Crippen LogP contribution in [-0.2, 0) is 4.79 Å². The minimum Gasteiger partial charge on any atom is -0.481 e. The Labute approximate surface area is 92.5 Å². The summed E-state index contributed by atoms with van der Waals surface area (Å²) in [6, 6.07) is 0.617. The lowest BCUT2D eigenvalue weighted by Gasteiger charge is -2.36. The maximum atomic E-state index is 10.7. The van der Waals surface area contributed by atoms with Crippen LogP contribution < -0.4 is 0 Å². The molecular weight excluding hydrogens is 190 g/mol. The minimum atomic E-state index is -0.648. The first-order valence-corrected chi connectivity index (χ1v) is 6.09. The van der Waals surface area contributed by atoms with Crippen molar-refractivity contribution in [3.63, 3.8) is 0 Å². The Bertz CT molecular complexity index is 206. The first-order valence-electron chi connectivity index (χ1n) is 6.09. The van der Waals surface area contributed by atoms with Gasteiger partial charge in [0.15, 0.2) is 0 Å². The van der Waals surface area contributed by atoms with Gasteiger partial charge in [-0.25, -0.2) is 0 Å². The van der Waals surface area contributed by atoms with Crippen LogP contribution in [-0.4, -0.2) is 35.1 Å². The lowest BCUT2D eigenvalue weighted by Crippen LogP contribution is -2.41. The summed E-state index contributed by atoms with van der Waals surface area (Å²) >= 11 is 0. The van der Waals surface area contributed by atoms with Gasteiger partial charge >= 0.3 is 5.97 Å². The van der Waals surface area contributed by atoms with E-state index in [2.05, 4.69) is 18.7 Å². The van der Waals surface area contributed by atoms with Gasteiger partial charge in [0.1, 0.15) is 0 Å². The Morgan fingerprint density at radius 2 is 2.33 bits per heavy atom. The van der Waals surface area contributed by atoms with Crippen LogP contribution in [0.1, 0.15) is 46.0 Å². The van der Waals surface area contributed by atoms with E-state index in [4.69, 9.17) is 5.11 Å². The van der Waals surface area contributed by atoms with Crippen molar-refractivity contribution in [3.8, 4) is 0 Å². The summed E-state index contributed by atoms with van der Waals surface area (Å²) in [5, 5.41) is 8.78. The Kier molecular flexibility index (Phi) is 5.09. The van der Waals surface area contributed by atoms with E-state index in [1.807, 2.05) is 0 Å². The van der Waals surface area contributed by atoms with Crippen LogP contribution in [0.25, 0.3) is 0 Å². The predicted molar refractivity (Wildman–Crippen MR) is 60.9 cm³/mol. The highest BCUT2D eigenvalue weighted by Crippen LogP contribution is 2.22. The molecule has 1 fully saturated rings. The van der Waals surface area contributed by atoms with E-state index in [0.29, 0.717) is 18.4 Å². The molecule has 0 radical (unpaired) electrons. The first kappa shape index (κ1) is 12.5. The summed E-state index contributed by atoms with van der Waals surface area (Å²) in [6.07, 6.45) is 5.02. The number of nitrogens with zero attached hydrogens (tertiary/aromatic N) is 1. The molecule has 2 atom stereocenters. The molecule has 0 spiro atoms. The van der Waals surface area contributed by atoms with Crippen molar-refractivity contribution in [1.82, 2.24) is 4.90 Å². The molecule has 1 heterocycles. The van der Waals surface area contributed by atoms with Crippen molar-refractivity contribution in [2.24, 2.45) is 5.92 Å². The van der Waals surface area contributed by atoms with Gasteiger partial charge in [-0.15, -0.1) is 0 Å². The van der Waals surface area contributed by atoms with E-state index < -0.39 is 5.97 Å². The van der Waals surface area contributed by atoms with Gasteiger partial charge in [-0.2, -0.15) is 0 Å². The average Bonchev–Trinajstić information content (AvgIpc) is 2.17. The van der Waals surface area contributed by atoms with Crippen molar-refractivity contribution in [2.75, 3.05) is 13.1 Å². The second-order valence-electron chi connectivity index (χ2n) is 4.74. The number of piperidine rings is 1. The second-order valence-corrected chi connectivity index (χ2v) is 4.74. The number of carbonyl (C=O) groups is 1. The van der Waals surface area contributed by atoms with Gasteiger partial charge in [0.25, 0.3) is 0 Å². The minimum absolute atomic E-state index is 0.343. The predicted octanol–water partition coefficient (Wildman–Crippen LogP) is 2.36. The number of carboxylic acids is 1. The Morgan fingerprint density at radius 1 is 1.60 bits per heavy atom. The molecule has 3 nitrogen and oxygen atoms in total. The Balaban J connectivity index is 2.37. The number of aliphatic carboxylic acids is 1. The molecule has 0 aliphatic carbocycles. The third kappa shape index (κ3) is 4.20. The van der Waals surface area contributed by atoms with Crippen LogP contribution in [0.3, 0.4) is 0 Å². The molecule has 0 aromatic rings. The summed E-state index contributed by atoms with van der Waals surface area (Å²) in [4.78, 5) is 13.1. The zero-order valence-corrected chi connectivity index (χ0v) is 9.91. The summed E-state index contributed by atoms with van der Waals surface area (Å²) in [5.41, 5.74) is 0. The van der Waals surface area contributed by atoms with Gasteiger partial charge in [-0.05, 0) is 38.6 Å². The molecule has 1 N–H and O–H groups in total. The highest BCUT2D eigenvalue weighted by Gasteiger charge is 2.24. The second kappa shape index (κ2) is 6.11. The van der Waals surface area contributed by atoms with E-state index in [0.717, 1.165) is 25.9 Å². The van der Waals surface area contributed by atoms with Gasteiger partial charge in [-0.1, -0.05) is 13.3 Å². The lowest BCUT2D eigenvalue weighted by atomic mass is 9.93. The molecule has 1 aliphatic heterocycles. The molecule has 0 amide bonds. The maximum Gasteiger partial charge on any atom is 0.303 e. The molecular formula is C12H23NO2.